The van der Waals surface area contributed by atoms with Crippen molar-refractivity contribution < 1.29 is 28.6 Å². The van der Waals surface area contributed by atoms with Crippen molar-refractivity contribution in [3.05, 3.63) is 0 Å². The first-order chi connectivity index (χ1) is 11.0. The summed E-state index contributed by atoms with van der Waals surface area (Å²) in [6.07, 6.45) is 3.31. The molecule has 2 heterocycles. The highest BCUT2D eigenvalue weighted by molar-refractivity contribution is 5.78. The van der Waals surface area contributed by atoms with Crippen molar-refractivity contribution >= 4 is 17.9 Å². The molecule has 4 rings (SSSR count). The zero-order valence-corrected chi connectivity index (χ0v) is 13.7. The Kier molecular flexibility index (Phi) is 4.60. The van der Waals surface area contributed by atoms with Crippen LogP contribution in [-0.4, -0.2) is 36.7 Å². The number of hydrogen-bond acceptors (Lipinski definition) is 6. The Morgan fingerprint density at radius 1 is 1.26 bits per heavy atom. The van der Waals surface area contributed by atoms with Crippen molar-refractivity contribution in [1.29, 1.82) is 0 Å². The Labute approximate surface area is 135 Å². The summed E-state index contributed by atoms with van der Waals surface area (Å²) in [6, 6.07) is 0. The van der Waals surface area contributed by atoms with Crippen LogP contribution in [0.3, 0.4) is 0 Å². The van der Waals surface area contributed by atoms with Crippen molar-refractivity contribution in [3.63, 3.8) is 0 Å². The first-order valence-corrected chi connectivity index (χ1v) is 8.54. The van der Waals surface area contributed by atoms with Gasteiger partial charge in [0.05, 0.1) is 11.8 Å². The van der Waals surface area contributed by atoms with Crippen LogP contribution < -0.4 is 0 Å². The lowest BCUT2D eigenvalue weighted by Gasteiger charge is -2.41. The molecule has 6 nitrogen and oxygen atoms in total. The predicted octanol–water partition coefficient (Wildman–Crippen LogP) is 1.85. The van der Waals surface area contributed by atoms with Crippen molar-refractivity contribution in [3.8, 4) is 0 Å². The number of esters is 3. The van der Waals surface area contributed by atoms with E-state index in [1.807, 2.05) is 6.92 Å². The molecule has 4 aliphatic rings. The Balaban J connectivity index is 1.56. The molecule has 128 valence electrons. The van der Waals surface area contributed by atoms with Crippen LogP contribution in [0, 0.1) is 23.7 Å². The lowest BCUT2D eigenvalue weighted by atomic mass is 9.67. The van der Waals surface area contributed by atoms with Crippen LogP contribution in [-0.2, 0) is 28.6 Å². The minimum absolute atomic E-state index is 0.0457. The molecule has 0 aromatic rings. The van der Waals surface area contributed by atoms with Gasteiger partial charge >= 0.3 is 17.9 Å². The lowest BCUT2D eigenvalue weighted by molar-refractivity contribution is -0.178. The van der Waals surface area contributed by atoms with Gasteiger partial charge in [-0.2, -0.15) is 0 Å². The maximum Gasteiger partial charge on any atom is 0.344 e. The summed E-state index contributed by atoms with van der Waals surface area (Å²) >= 11 is 0. The van der Waals surface area contributed by atoms with E-state index < -0.39 is 18.0 Å². The molecule has 2 saturated heterocycles. The van der Waals surface area contributed by atoms with E-state index in [9.17, 15) is 14.4 Å². The number of carbonyl (C=O) groups excluding carboxylic acids is 3. The van der Waals surface area contributed by atoms with E-state index in [2.05, 4.69) is 0 Å². The molecule has 2 aliphatic heterocycles. The number of hydrogen-bond donors (Lipinski definition) is 0. The molecule has 0 aromatic heterocycles. The summed E-state index contributed by atoms with van der Waals surface area (Å²) in [5.74, 6) is -0.701. The van der Waals surface area contributed by atoms with E-state index >= 15 is 0 Å². The van der Waals surface area contributed by atoms with Gasteiger partial charge in [-0.25, -0.2) is 4.79 Å². The Hall–Kier alpha value is -1.59. The second-order valence-corrected chi connectivity index (χ2v) is 7.11. The molecule has 6 heteroatoms. The molecule has 0 spiro atoms. The number of rotatable bonds is 5. The van der Waals surface area contributed by atoms with Gasteiger partial charge in [0.15, 0.2) is 6.61 Å². The Morgan fingerprint density at radius 2 is 2.04 bits per heavy atom. The highest BCUT2D eigenvalue weighted by Crippen LogP contribution is 2.48. The minimum Gasteiger partial charge on any atom is -0.458 e. The molecule has 6 unspecified atom stereocenters. The summed E-state index contributed by atoms with van der Waals surface area (Å²) in [4.78, 5) is 35.6. The van der Waals surface area contributed by atoms with Gasteiger partial charge in [0.25, 0.3) is 0 Å². The van der Waals surface area contributed by atoms with Gasteiger partial charge < -0.3 is 14.2 Å². The molecule has 6 atom stereocenters. The quantitative estimate of drug-likeness (QED) is 0.567. The first-order valence-electron chi connectivity index (χ1n) is 8.54. The van der Waals surface area contributed by atoms with Crippen LogP contribution >= 0.6 is 0 Å². The molecule has 2 saturated carbocycles. The van der Waals surface area contributed by atoms with Crippen LogP contribution in [0.2, 0.25) is 0 Å². The van der Waals surface area contributed by atoms with Crippen LogP contribution in [0.25, 0.3) is 0 Å². The van der Waals surface area contributed by atoms with Gasteiger partial charge in [-0.05, 0) is 38.0 Å². The van der Waals surface area contributed by atoms with Gasteiger partial charge in [-0.1, -0.05) is 13.8 Å². The van der Waals surface area contributed by atoms with Crippen LogP contribution in [0.4, 0.5) is 0 Å². The second kappa shape index (κ2) is 6.49. The zero-order chi connectivity index (χ0) is 16.6. The van der Waals surface area contributed by atoms with Crippen molar-refractivity contribution in [1.82, 2.24) is 0 Å². The minimum atomic E-state index is -0.560. The number of ether oxygens (including phenoxy) is 3. The van der Waals surface area contributed by atoms with E-state index in [4.69, 9.17) is 14.2 Å². The SMILES string of the molecule is CCC(C)C(=O)OCC(=O)OC1C2CC3CC(C2)C(=O)OC1C3. The third-order valence-corrected chi connectivity index (χ3v) is 5.45. The maximum atomic E-state index is 12.0. The van der Waals surface area contributed by atoms with Gasteiger partial charge in [-0.3, -0.25) is 9.59 Å². The molecule has 0 radical (unpaired) electrons. The summed E-state index contributed by atoms with van der Waals surface area (Å²) < 4.78 is 16.0. The van der Waals surface area contributed by atoms with Gasteiger partial charge in [0, 0.05) is 5.92 Å². The van der Waals surface area contributed by atoms with E-state index in [0.717, 1.165) is 25.7 Å². The van der Waals surface area contributed by atoms with E-state index in [-0.39, 0.29) is 36.4 Å². The third kappa shape index (κ3) is 3.35. The Bertz CT molecular complexity index is 501. The number of fused-ring (bicyclic) bond motifs is 1. The normalized spacial score (nSPS) is 36.1. The van der Waals surface area contributed by atoms with Gasteiger partial charge in [0.2, 0.25) is 0 Å². The highest BCUT2D eigenvalue weighted by atomic mass is 16.6. The topological polar surface area (TPSA) is 78.9 Å². The van der Waals surface area contributed by atoms with Crippen LogP contribution in [0.15, 0.2) is 0 Å². The summed E-state index contributed by atoms with van der Waals surface area (Å²) in [5, 5.41) is 0. The molecular weight excluding hydrogens is 300 g/mol. The van der Waals surface area contributed by atoms with E-state index in [0.29, 0.717) is 12.3 Å². The van der Waals surface area contributed by atoms with Gasteiger partial charge in [0.1, 0.15) is 12.2 Å². The fourth-order valence-corrected chi connectivity index (χ4v) is 4.06. The van der Waals surface area contributed by atoms with Crippen molar-refractivity contribution in [2.45, 2.75) is 58.2 Å². The first kappa shape index (κ1) is 16.3. The fourth-order valence-electron chi connectivity index (χ4n) is 4.06. The standard InChI is InChI=1S/C17H24O6/c1-3-9(2)16(19)21-8-14(18)23-15-11-4-10-5-12(7-11)17(20)22-13(15)6-10/h9-13,15H,3-8H2,1-2H3. The highest BCUT2D eigenvalue weighted by Gasteiger charge is 2.51. The van der Waals surface area contributed by atoms with Crippen LogP contribution in [0.5, 0.6) is 0 Å². The maximum absolute atomic E-state index is 12.0. The fraction of sp³-hybridized carbons (Fsp3) is 0.824. The molecule has 2 aliphatic carbocycles. The average molecular weight is 324 g/mol. The molecule has 4 bridgehead atoms. The molecule has 23 heavy (non-hydrogen) atoms. The summed E-state index contributed by atoms with van der Waals surface area (Å²) in [7, 11) is 0. The third-order valence-electron chi connectivity index (χ3n) is 5.45. The lowest BCUT2D eigenvalue weighted by Crippen LogP contribution is -2.45. The molecule has 0 amide bonds. The monoisotopic (exact) mass is 324 g/mol. The largest absolute Gasteiger partial charge is 0.458 e. The van der Waals surface area contributed by atoms with Crippen molar-refractivity contribution in [2.24, 2.45) is 23.7 Å². The van der Waals surface area contributed by atoms with Crippen LogP contribution in [0.1, 0.15) is 46.0 Å². The molecular formula is C17H24O6. The summed E-state index contributed by atoms with van der Waals surface area (Å²) in [5.41, 5.74) is 0. The van der Waals surface area contributed by atoms with Gasteiger partial charge in [-0.15, -0.1) is 0 Å². The van der Waals surface area contributed by atoms with E-state index in [1.165, 1.54) is 0 Å². The van der Waals surface area contributed by atoms with Crippen molar-refractivity contribution in [2.75, 3.05) is 6.61 Å². The summed E-state index contributed by atoms with van der Waals surface area (Å²) in [6.45, 7) is 3.27. The molecule has 0 N–H and O–H groups in total. The second-order valence-electron chi connectivity index (χ2n) is 7.11. The zero-order valence-electron chi connectivity index (χ0n) is 13.7. The number of carbonyl (C=O) groups is 3. The molecule has 0 aromatic carbocycles. The van der Waals surface area contributed by atoms with E-state index in [1.54, 1.807) is 6.92 Å². The average Bonchev–Trinajstić information content (AvgIpc) is 2.69. The Morgan fingerprint density at radius 3 is 2.78 bits per heavy atom. The smallest absolute Gasteiger partial charge is 0.344 e. The predicted molar refractivity (Wildman–Crippen MR) is 79.1 cm³/mol. The molecule has 4 fully saturated rings.